The molecule has 0 atom stereocenters. The van der Waals surface area contributed by atoms with Gasteiger partial charge in [-0.2, -0.15) is 0 Å². The third-order valence-electron chi connectivity index (χ3n) is 3.30. The Bertz CT molecular complexity index is 349. The lowest BCUT2D eigenvalue weighted by Crippen LogP contribution is -1.95. The molecule has 15 heavy (non-hydrogen) atoms. The highest BCUT2D eigenvalue weighted by Crippen LogP contribution is 2.32. The van der Waals surface area contributed by atoms with Crippen LogP contribution in [0.25, 0.3) is 5.57 Å². The Hall–Kier alpha value is -1.26. The van der Waals surface area contributed by atoms with Crippen molar-refractivity contribution in [1.29, 1.82) is 0 Å². The summed E-state index contributed by atoms with van der Waals surface area (Å²) >= 11 is 0. The lowest BCUT2D eigenvalue weighted by Gasteiger charge is -2.10. The molecule has 78 valence electrons. The summed E-state index contributed by atoms with van der Waals surface area (Å²) in [6.07, 6.45) is 6.75. The van der Waals surface area contributed by atoms with Crippen molar-refractivity contribution in [3.05, 3.63) is 48.2 Å². The maximum absolute atomic E-state index is 3.82. The van der Waals surface area contributed by atoms with Crippen LogP contribution in [0.2, 0.25) is 0 Å². The first-order valence-electron chi connectivity index (χ1n) is 5.84. The quantitative estimate of drug-likeness (QED) is 0.630. The molecule has 0 unspecified atom stereocenters. The smallest absolute Gasteiger partial charge is 0.000856 e. The van der Waals surface area contributed by atoms with E-state index in [9.17, 15) is 0 Å². The zero-order valence-corrected chi connectivity index (χ0v) is 9.21. The van der Waals surface area contributed by atoms with Crippen molar-refractivity contribution in [2.75, 3.05) is 0 Å². The van der Waals surface area contributed by atoms with Gasteiger partial charge in [0.25, 0.3) is 0 Å². The van der Waals surface area contributed by atoms with E-state index in [-0.39, 0.29) is 0 Å². The second kappa shape index (κ2) is 5.00. The fourth-order valence-electron chi connectivity index (χ4n) is 2.43. The van der Waals surface area contributed by atoms with Crippen LogP contribution in [-0.2, 0) is 0 Å². The predicted molar refractivity (Wildman–Crippen MR) is 65.6 cm³/mol. The third-order valence-corrected chi connectivity index (χ3v) is 3.30. The zero-order chi connectivity index (χ0) is 10.5. The van der Waals surface area contributed by atoms with Crippen LogP contribution >= 0.6 is 0 Å². The van der Waals surface area contributed by atoms with Gasteiger partial charge in [0.1, 0.15) is 0 Å². The molecule has 0 nitrogen and oxygen atoms in total. The van der Waals surface area contributed by atoms with Gasteiger partial charge in [0, 0.05) is 5.57 Å². The number of hydrogen-bond acceptors (Lipinski definition) is 0. The monoisotopic (exact) mass is 198 g/mol. The Morgan fingerprint density at radius 3 is 2.47 bits per heavy atom. The van der Waals surface area contributed by atoms with E-state index in [0.29, 0.717) is 0 Å². The Balaban J connectivity index is 2.08. The van der Waals surface area contributed by atoms with Crippen molar-refractivity contribution in [2.45, 2.75) is 32.1 Å². The number of benzene rings is 1. The van der Waals surface area contributed by atoms with E-state index < -0.39 is 0 Å². The average Bonchev–Trinajstić information content (AvgIpc) is 2.80. The molecule has 0 aliphatic heterocycles. The van der Waals surface area contributed by atoms with E-state index >= 15 is 0 Å². The first-order valence-corrected chi connectivity index (χ1v) is 5.84. The fraction of sp³-hybridized carbons (Fsp3) is 0.400. The normalized spacial score (nSPS) is 16.3. The zero-order valence-electron chi connectivity index (χ0n) is 9.21. The summed E-state index contributed by atoms with van der Waals surface area (Å²) in [6.45, 7) is 3.82. The number of allylic oxidation sites excluding steroid dienone is 1. The largest absolute Gasteiger partial charge is 0.125 e. The van der Waals surface area contributed by atoms with Crippen LogP contribution in [0, 0.1) is 5.92 Å². The van der Waals surface area contributed by atoms with Gasteiger partial charge in [-0.05, 0) is 17.9 Å². The van der Waals surface area contributed by atoms with Crippen molar-refractivity contribution >= 4 is 5.57 Å². The van der Waals surface area contributed by atoms with Gasteiger partial charge in [0.15, 0.2) is 0 Å². The van der Waals surface area contributed by atoms with Gasteiger partial charge in [-0.25, -0.2) is 0 Å². The molecule has 1 aromatic carbocycles. The first-order chi connectivity index (χ1) is 7.40. The standard InChI is InChI=1S/C15H18/c1-2-14(12-13-8-6-7-9-13)15-10-4-3-5-11-15/h3-5,10-11,13H,1,6-9,12H2. The van der Waals surface area contributed by atoms with Gasteiger partial charge in [-0.3, -0.25) is 0 Å². The summed E-state index contributed by atoms with van der Waals surface area (Å²) in [7, 11) is 0. The SMILES string of the molecule is C=C=C(CC1CCCC1)c1ccccc1. The summed E-state index contributed by atoms with van der Waals surface area (Å²) in [5, 5.41) is 0. The van der Waals surface area contributed by atoms with Crippen molar-refractivity contribution in [3.8, 4) is 0 Å². The number of rotatable bonds is 3. The second-order valence-corrected chi connectivity index (χ2v) is 4.38. The third kappa shape index (κ3) is 2.61. The van der Waals surface area contributed by atoms with Gasteiger partial charge in [-0.1, -0.05) is 62.6 Å². The summed E-state index contributed by atoms with van der Waals surface area (Å²) in [6, 6.07) is 10.5. The van der Waals surface area contributed by atoms with E-state index in [4.69, 9.17) is 0 Å². The summed E-state index contributed by atoms with van der Waals surface area (Å²) < 4.78 is 0. The Labute approximate surface area is 92.3 Å². The van der Waals surface area contributed by atoms with Crippen molar-refractivity contribution in [1.82, 2.24) is 0 Å². The van der Waals surface area contributed by atoms with Gasteiger partial charge in [0.2, 0.25) is 0 Å². The van der Waals surface area contributed by atoms with Crippen LogP contribution in [0.1, 0.15) is 37.7 Å². The fourth-order valence-corrected chi connectivity index (χ4v) is 2.43. The van der Waals surface area contributed by atoms with Crippen molar-refractivity contribution in [2.24, 2.45) is 5.92 Å². The summed E-state index contributed by atoms with van der Waals surface area (Å²) in [5.41, 5.74) is 5.70. The van der Waals surface area contributed by atoms with Crippen LogP contribution in [0.4, 0.5) is 0 Å². The molecule has 0 aromatic heterocycles. The molecule has 0 saturated heterocycles. The lowest BCUT2D eigenvalue weighted by atomic mass is 9.94. The molecule has 0 bridgehead atoms. The summed E-state index contributed by atoms with van der Waals surface area (Å²) in [5.74, 6) is 0.870. The molecule has 0 radical (unpaired) electrons. The maximum atomic E-state index is 3.82. The van der Waals surface area contributed by atoms with E-state index in [0.717, 1.165) is 12.3 Å². The van der Waals surface area contributed by atoms with Crippen LogP contribution in [0.5, 0.6) is 0 Å². The number of hydrogen-bond donors (Lipinski definition) is 0. The minimum absolute atomic E-state index is 0.870. The van der Waals surface area contributed by atoms with E-state index in [1.807, 2.05) is 0 Å². The predicted octanol–water partition coefficient (Wildman–Crippen LogP) is 4.44. The lowest BCUT2D eigenvalue weighted by molar-refractivity contribution is 0.566. The first kappa shape index (κ1) is 10.3. The Morgan fingerprint density at radius 1 is 1.20 bits per heavy atom. The molecule has 0 heterocycles. The summed E-state index contributed by atoms with van der Waals surface area (Å²) in [4.78, 5) is 0. The molecule has 0 N–H and O–H groups in total. The van der Waals surface area contributed by atoms with Crippen molar-refractivity contribution in [3.63, 3.8) is 0 Å². The van der Waals surface area contributed by atoms with Gasteiger partial charge >= 0.3 is 0 Å². The highest BCUT2D eigenvalue weighted by molar-refractivity contribution is 5.64. The molecule has 1 fully saturated rings. The molecule has 1 aromatic rings. The molecular formula is C15H18. The minimum Gasteiger partial charge on any atom is -0.125 e. The molecule has 2 rings (SSSR count). The topological polar surface area (TPSA) is 0 Å². The highest BCUT2D eigenvalue weighted by Gasteiger charge is 2.16. The highest BCUT2D eigenvalue weighted by atomic mass is 14.2. The Morgan fingerprint density at radius 2 is 1.87 bits per heavy atom. The van der Waals surface area contributed by atoms with E-state index in [1.165, 1.54) is 36.8 Å². The van der Waals surface area contributed by atoms with Crippen LogP contribution in [0.15, 0.2) is 42.6 Å². The molecular weight excluding hydrogens is 180 g/mol. The molecule has 0 spiro atoms. The van der Waals surface area contributed by atoms with E-state index in [2.05, 4.69) is 42.6 Å². The van der Waals surface area contributed by atoms with E-state index in [1.54, 1.807) is 0 Å². The molecule has 1 aliphatic carbocycles. The molecule has 1 aliphatic rings. The van der Waals surface area contributed by atoms with Gasteiger partial charge < -0.3 is 0 Å². The Kier molecular flexibility index (Phi) is 3.42. The van der Waals surface area contributed by atoms with Crippen LogP contribution in [-0.4, -0.2) is 0 Å². The molecule has 0 amide bonds. The van der Waals surface area contributed by atoms with Crippen LogP contribution < -0.4 is 0 Å². The van der Waals surface area contributed by atoms with Crippen LogP contribution in [0.3, 0.4) is 0 Å². The van der Waals surface area contributed by atoms with Gasteiger partial charge in [-0.15, -0.1) is 5.73 Å². The maximum Gasteiger partial charge on any atom is 0.000856 e. The van der Waals surface area contributed by atoms with Crippen molar-refractivity contribution < 1.29 is 0 Å². The molecule has 0 heteroatoms. The molecule has 1 saturated carbocycles. The minimum atomic E-state index is 0.870. The second-order valence-electron chi connectivity index (χ2n) is 4.38. The average molecular weight is 198 g/mol. The van der Waals surface area contributed by atoms with Gasteiger partial charge in [0.05, 0.1) is 0 Å².